The zero-order valence-electron chi connectivity index (χ0n) is 13.3. The number of ether oxygens (including phenoxy) is 1. The number of benzene rings is 1. The Morgan fingerprint density at radius 2 is 2.17 bits per heavy atom. The second-order valence-corrected chi connectivity index (χ2v) is 5.94. The molecule has 0 radical (unpaired) electrons. The molecule has 2 heterocycles. The van der Waals surface area contributed by atoms with E-state index in [-0.39, 0.29) is 5.91 Å². The molecule has 1 aromatic heterocycles. The first-order valence-corrected chi connectivity index (χ1v) is 7.94. The average molecular weight is 314 g/mol. The van der Waals surface area contributed by atoms with Crippen LogP contribution in [0.3, 0.4) is 0 Å². The summed E-state index contributed by atoms with van der Waals surface area (Å²) in [6, 6.07) is 11.4. The summed E-state index contributed by atoms with van der Waals surface area (Å²) in [7, 11) is 0. The van der Waals surface area contributed by atoms with Gasteiger partial charge >= 0.3 is 0 Å². The molecular weight excluding hydrogens is 292 g/mol. The van der Waals surface area contributed by atoms with Gasteiger partial charge in [-0.3, -0.25) is 4.79 Å². The van der Waals surface area contributed by atoms with Crippen LogP contribution in [0.25, 0.3) is 0 Å². The van der Waals surface area contributed by atoms with Crippen molar-refractivity contribution in [3.8, 4) is 5.75 Å². The first kappa shape index (κ1) is 15.6. The first-order chi connectivity index (χ1) is 11.2. The Labute approximate surface area is 136 Å². The molecule has 1 unspecified atom stereocenters. The second kappa shape index (κ2) is 6.87. The molecule has 1 aromatic carbocycles. The second-order valence-electron chi connectivity index (χ2n) is 5.94. The summed E-state index contributed by atoms with van der Waals surface area (Å²) in [6.07, 6.45) is 0.964. The third-order valence-electron chi connectivity index (χ3n) is 4.28. The Hall–Kier alpha value is -2.27. The van der Waals surface area contributed by atoms with Crippen LogP contribution in [-0.4, -0.2) is 30.4 Å². The summed E-state index contributed by atoms with van der Waals surface area (Å²) in [4.78, 5) is 14.3. The van der Waals surface area contributed by atoms with Crippen molar-refractivity contribution in [2.45, 2.75) is 20.0 Å². The highest BCUT2D eigenvalue weighted by atomic mass is 16.5. The van der Waals surface area contributed by atoms with Crippen molar-refractivity contribution in [3.05, 3.63) is 53.5 Å². The van der Waals surface area contributed by atoms with Crippen LogP contribution in [0.15, 0.2) is 40.8 Å². The Balaban J connectivity index is 1.65. The third-order valence-corrected chi connectivity index (χ3v) is 4.28. The maximum Gasteiger partial charge on any atom is 0.289 e. The number of aryl methyl sites for hydroxylation is 1. The van der Waals surface area contributed by atoms with Crippen LogP contribution in [0, 0.1) is 12.8 Å². The first-order valence-electron chi connectivity index (χ1n) is 7.94. The number of nitrogens with zero attached hydrogens (tertiary/aromatic N) is 1. The van der Waals surface area contributed by atoms with Gasteiger partial charge in [0.2, 0.25) is 0 Å². The highest BCUT2D eigenvalue weighted by molar-refractivity contribution is 5.92. The van der Waals surface area contributed by atoms with Crippen molar-refractivity contribution in [2.75, 3.05) is 19.6 Å². The van der Waals surface area contributed by atoms with Gasteiger partial charge in [-0.1, -0.05) is 18.2 Å². The van der Waals surface area contributed by atoms with Crippen LogP contribution in [0.2, 0.25) is 0 Å². The van der Waals surface area contributed by atoms with E-state index in [1.807, 2.05) is 42.2 Å². The van der Waals surface area contributed by atoms with E-state index in [1.165, 1.54) is 0 Å². The average Bonchev–Trinajstić information content (AvgIpc) is 3.20. The maximum absolute atomic E-state index is 12.5. The normalized spacial score (nSPS) is 17.5. The zero-order chi connectivity index (χ0) is 16.2. The van der Waals surface area contributed by atoms with Crippen LogP contribution in [0.4, 0.5) is 0 Å². The monoisotopic (exact) mass is 314 g/mol. The topological polar surface area (TPSA) is 68.7 Å². The Bertz CT molecular complexity index is 666. The molecule has 5 nitrogen and oxygen atoms in total. The van der Waals surface area contributed by atoms with E-state index in [0.717, 1.165) is 30.0 Å². The number of carbonyl (C=O) groups excluding carboxylic acids is 1. The molecular formula is C18H22N2O3. The lowest BCUT2D eigenvalue weighted by molar-refractivity contribution is 0.0754. The third kappa shape index (κ3) is 3.56. The fourth-order valence-electron chi connectivity index (χ4n) is 2.81. The van der Waals surface area contributed by atoms with Crippen molar-refractivity contribution in [1.82, 2.24) is 4.90 Å². The largest absolute Gasteiger partial charge is 0.489 e. The van der Waals surface area contributed by atoms with E-state index in [9.17, 15) is 4.79 Å². The molecule has 122 valence electrons. The molecule has 0 spiro atoms. The van der Waals surface area contributed by atoms with Crippen LogP contribution < -0.4 is 10.5 Å². The van der Waals surface area contributed by atoms with Gasteiger partial charge in [0.25, 0.3) is 5.91 Å². The van der Waals surface area contributed by atoms with Crippen LogP contribution in [-0.2, 0) is 6.61 Å². The summed E-state index contributed by atoms with van der Waals surface area (Å²) in [5.41, 5.74) is 6.58. The minimum atomic E-state index is -0.0602. The highest BCUT2D eigenvalue weighted by Gasteiger charge is 2.28. The molecule has 1 aliphatic rings. The number of para-hydroxylation sites is 1. The summed E-state index contributed by atoms with van der Waals surface area (Å²) in [5.74, 6) is 2.24. The van der Waals surface area contributed by atoms with Crippen molar-refractivity contribution in [1.29, 1.82) is 0 Å². The fourth-order valence-corrected chi connectivity index (χ4v) is 2.81. The van der Waals surface area contributed by atoms with E-state index < -0.39 is 0 Å². The van der Waals surface area contributed by atoms with E-state index in [1.54, 1.807) is 6.07 Å². The number of likely N-dealkylation sites (tertiary alicyclic amines) is 1. The molecule has 1 amide bonds. The number of hydrogen-bond donors (Lipinski definition) is 1. The number of carbonyl (C=O) groups is 1. The Kier molecular flexibility index (Phi) is 4.67. The Morgan fingerprint density at radius 1 is 1.39 bits per heavy atom. The van der Waals surface area contributed by atoms with Gasteiger partial charge in [-0.25, -0.2) is 0 Å². The van der Waals surface area contributed by atoms with Gasteiger partial charge in [-0.05, 0) is 44.0 Å². The molecule has 5 heteroatoms. The molecule has 23 heavy (non-hydrogen) atoms. The van der Waals surface area contributed by atoms with Gasteiger partial charge < -0.3 is 19.8 Å². The number of amides is 1. The molecule has 0 aliphatic carbocycles. The van der Waals surface area contributed by atoms with E-state index in [0.29, 0.717) is 31.4 Å². The lowest BCUT2D eigenvalue weighted by Gasteiger charge is -2.14. The van der Waals surface area contributed by atoms with Crippen molar-refractivity contribution in [2.24, 2.45) is 11.7 Å². The molecule has 2 N–H and O–H groups in total. The quantitative estimate of drug-likeness (QED) is 0.921. The molecule has 0 bridgehead atoms. The molecule has 3 rings (SSSR count). The SMILES string of the molecule is Cc1oc(C(=O)N2CCC(CN)C2)cc1COc1ccccc1. The van der Waals surface area contributed by atoms with Crippen LogP contribution in [0.1, 0.15) is 28.3 Å². The van der Waals surface area contributed by atoms with E-state index in [4.69, 9.17) is 14.9 Å². The molecule has 1 saturated heterocycles. The van der Waals surface area contributed by atoms with Crippen molar-refractivity contribution >= 4 is 5.91 Å². The van der Waals surface area contributed by atoms with Gasteiger partial charge in [-0.2, -0.15) is 0 Å². The predicted octanol–water partition coefficient (Wildman–Crippen LogP) is 2.59. The van der Waals surface area contributed by atoms with Crippen molar-refractivity contribution in [3.63, 3.8) is 0 Å². The zero-order valence-corrected chi connectivity index (χ0v) is 13.3. The lowest BCUT2D eigenvalue weighted by atomic mass is 10.1. The van der Waals surface area contributed by atoms with Crippen molar-refractivity contribution < 1.29 is 13.9 Å². The molecule has 1 fully saturated rings. The predicted molar refractivity (Wildman–Crippen MR) is 87.3 cm³/mol. The minimum Gasteiger partial charge on any atom is -0.489 e. The number of rotatable bonds is 5. The molecule has 0 saturated carbocycles. The summed E-state index contributed by atoms with van der Waals surface area (Å²) < 4.78 is 11.4. The number of hydrogen-bond acceptors (Lipinski definition) is 4. The van der Waals surface area contributed by atoms with E-state index in [2.05, 4.69) is 0 Å². The number of nitrogens with two attached hydrogens (primary N) is 1. The van der Waals surface area contributed by atoms with Gasteiger partial charge in [0.1, 0.15) is 18.1 Å². The minimum absolute atomic E-state index is 0.0602. The fraction of sp³-hybridized carbons (Fsp3) is 0.389. The summed E-state index contributed by atoms with van der Waals surface area (Å²) in [5, 5.41) is 0. The van der Waals surface area contributed by atoms with Gasteiger partial charge in [0, 0.05) is 18.7 Å². The smallest absolute Gasteiger partial charge is 0.289 e. The van der Waals surface area contributed by atoms with E-state index >= 15 is 0 Å². The highest BCUT2D eigenvalue weighted by Crippen LogP contribution is 2.22. The molecule has 1 aliphatic heterocycles. The lowest BCUT2D eigenvalue weighted by Crippen LogP contribution is -2.29. The molecule has 1 atom stereocenters. The van der Waals surface area contributed by atoms with Gasteiger partial charge in [0.05, 0.1) is 0 Å². The summed E-state index contributed by atoms with van der Waals surface area (Å²) in [6.45, 7) is 4.32. The number of furan rings is 1. The summed E-state index contributed by atoms with van der Waals surface area (Å²) >= 11 is 0. The van der Waals surface area contributed by atoms with Crippen LogP contribution >= 0.6 is 0 Å². The van der Waals surface area contributed by atoms with Gasteiger partial charge in [-0.15, -0.1) is 0 Å². The molecule has 2 aromatic rings. The van der Waals surface area contributed by atoms with Crippen LogP contribution in [0.5, 0.6) is 5.75 Å². The standard InChI is InChI=1S/C18H22N2O3/c1-13-15(12-22-16-5-3-2-4-6-16)9-17(23-13)18(21)20-8-7-14(10-19)11-20/h2-6,9,14H,7-8,10-12,19H2,1H3. The maximum atomic E-state index is 12.5. The van der Waals surface area contributed by atoms with Gasteiger partial charge in [0.15, 0.2) is 5.76 Å². The Morgan fingerprint density at radius 3 is 2.87 bits per heavy atom.